The maximum atomic E-state index is 12.2. The van der Waals surface area contributed by atoms with E-state index in [1.807, 2.05) is 26.8 Å². The minimum atomic E-state index is 0.110. The third kappa shape index (κ3) is 10.0. The van der Waals surface area contributed by atoms with Gasteiger partial charge in [-0.1, -0.05) is 31.4 Å². The van der Waals surface area contributed by atoms with Crippen LogP contribution in [-0.4, -0.2) is 50.8 Å². The number of aliphatic imine (C=N–C) groups is 1. The van der Waals surface area contributed by atoms with E-state index in [0.29, 0.717) is 51.3 Å². The summed E-state index contributed by atoms with van der Waals surface area (Å²) in [6, 6.07) is 6.50. The summed E-state index contributed by atoms with van der Waals surface area (Å²) >= 11 is 0. The Morgan fingerprint density at radius 1 is 1.13 bits per heavy atom. The van der Waals surface area contributed by atoms with E-state index in [9.17, 15) is 4.79 Å². The first-order valence-electron chi connectivity index (χ1n) is 11.7. The molecule has 0 atom stereocenters. The van der Waals surface area contributed by atoms with E-state index in [1.165, 1.54) is 19.3 Å². The van der Waals surface area contributed by atoms with E-state index in [0.717, 1.165) is 36.3 Å². The molecule has 0 aromatic heterocycles. The van der Waals surface area contributed by atoms with Gasteiger partial charge in [-0.15, -0.1) is 0 Å². The first-order chi connectivity index (χ1) is 15.1. The summed E-state index contributed by atoms with van der Waals surface area (Å²) in [7, 11) is 0. The van der Waals surface area contributed by atoms with Crippen LogP contribution in [-0.2, 0) is 16.1 Å². The molecule has 2 rings (SSSR count). The highest BCUT2D eigenvalue weighted by atomic mass is 16.5. The van der Waals surface area contributed by atoms with Crippen LogP contribution < -0.4 is 20.7 Å². The van der Waals surface area contributed by atoms with Crippen LogP contribution in [0.1, 0.15) is 63.5 Å². The fourth-order valence-electron chi connectivity index (χ4n) is 3.63. The maximum Gasteiger partial charge on any atom is 0.221 e. The van der Waals surface area contributed by atoms with Crippen LogP contribution in [0.2, 0.25) is 0 Å². The van der Waals surface area contributed by atoms with Crippen LogP contribution in [0.3, 0.4) is 0 Å². The molecule has 174 valence electrons. The summed E-state index contributed by atoms with van der Waals surface area (Å²) in [5.41, 5.74) is 2.17. The number of ether oxygens (including phenoxy) is 2. The van der Waals surface area contributed by atoms with Gasteiger partial charge in [-0.2, -0.15) is 0 Å². The highest BCUT2D eigenvalue weighted by molar-refractivity contribution is 5.81. The zero-order valence-corrected chi connectivity index (χ0v) is 19.5. The average molecular weight is 433 g/mol. The van der Waals surface area contributed by atoms with Gasteiger partial charge in [0.15, 0.2) is 5.96 Å². The Morgan fingerprint density at radius 2 is 1.94 bits per heavy atom. The quantitative estimate of drug-likeness (QED) is 0.268. The van der Waals surface area contributed by atoms with Gasteiger partial charge in [0, 0.05) is 37.7 Å². The van der Waals surface area contributed by atoms with Gasteiger partial charge >= 0.3 is 0 Å². The summed E-state index contributed by atoms with van der Waals surface area (Å²) < 4.78 is 11.3. The van der Waals surface area contributed by atoms with Crippen LogP contribution in [0.5, 0.6) is 5.75 Å². The van der Waals surface area contributed by atoms with Gasteiger partial charge in [0.1, 0.15) is 12.4 Å². The number of benzene rings is 1. The topological polar surface area (TPSA) is 84.0 Å². The number of nitrogens with one attached hydrogen (secondary N) is 3. The summed E-state index contributed by atoms with van der Waals surface area (Å²) in [5, 5.41) is 9.67. The number of aryl methyl sites for hydroxylation is 1. The zero-order chi connectivity index (χ0) is 22.3. The maximum absolute atomic E-state index is 12.2. The smallest absolute Gasteiger partial charge is 0.221 e. The van der Waals surface area contributed by atoms with Crippen LogP contribution in [0.4, 0.5) is 0 Å². The van der Waals surface area contributed by atoms with E-state index >= 15 is 0 Å². The Hall–Kier alpha value is -2.28. The molecule has 1 saturated carbocycles. The molecule has 31 heavy (non-hydrogen) atoms. The number of hydrogen-bond acceptors (Lipinski definition) is 4. The van der Waals surface area contributed by atoms with Crippen molar-refractivity contribution in [3.8, 4) is 5.75 Å². The number of guanidine groups is 1. The predicted octanol–water partition coefficient (Wildman–Crippen LogP) is 3.30. The van der Waals surface area contributed by atoms with Crippen LogP contribution in [0, 0.1) is 6.92 Å². The SMILES string of the molecule is CCNC(=NCc1ccc(C)cc1OCCOCC)NCCC(=O)NC1CCCCC1. The first-order valence-corrected chi connectivity index (χ1v) is 11.7. The summed E-state index contributed by atoms with van der Waals surface area (Å²) in [5.74, 6) is 1.65. The van der Waals surface area contributed by atoms with Crippen molar-refractivity contribution in [3.05, 3.63) is 29.3 Å². The Balaban J connectivity index is 1.84. The van der Waals surface area contributed by atoms with Crippen LogP contribution >= 0.6 is 0 Å². The predicted molar refractivity (Wildman–Crippen MR) is 126 cm³/mol. The molecule has 0 saturated heterocycles. The van der Waals surface area contributed by atoms with Gasteiger partial charge in [-0.3, -0.25) is 4.79 Å². The third-order valence-electron chi connectivity index (χ3n) is 5.28. The molecule has 0 unspecified atom stereocenters. The number of amides is 1. The standard InChI is InChI=1S/C24H40N4O3/c1-4-25-24(26-14-13-23(29)28-21-9-7-6-8-10-21)27-18-20-12-11-19(3)17-22(20)31-16-15-30-5-2/h11-12,17,21H,4-10,13-16,18H2,1-3H3,(H,28,29)(H2,25,26,27). The van der Waals surface area contributed by atoms with E-state index in [1.54, 1.807) is 0 Å². The van der Waals surface area contributed by atoms with Crippen molar-refractivity contribution in [3.63, 3.8) is 0 Å². The van der Waals surface area contributed by atoms with Gasteiger partial charge in [0.25, 0.3) is 0 Å². The highest BCUT2D eigenvalue weighted by Crippen LogP contribution is 2.21. The molecule has 1 amide bonds. The van der Waals surface area contributed by atoms with Crippen molar-refractivity contribution in [1.29, 1.82) is 0 Å². The number of carbonyl (C=O) groups is 1. The molecule has 0 aliphatic heterocycles. The Kier molecular flexibility index (Phi) is 11.8. The van der Waals surface area contributed by atoms with E-state index in [2.05, 4.69) is 33.1 Å². The van der Waals surface area contributed by atoms with Gasteiger partial charge in [0.05, 0.1) is 13.2 Å². The first kappa shape index (κ1) is 25.0. The lowest BCUT2D eigenvalue weighted by Gasteiger charge is -2.22. The number of rotatable bonds is 12. The summed E-state index contributed by atoms with van der Waals surface area (Å²) in [6.07, 6.45) is 6.38. The van der Waals surface area contributed by atoms with Gasteiger partial charge in [0.2, 0.25) is 5.91 Å². The highest BCUT2D eigenvalue weighted by Gasteiger charge is 2.15. The molecular weight excluding hydrogens is 392 g/mol. The Labute approximate surface area is 187 Å². The molecule has 1 aromatic rings. The summed E-state index contributed by atoms with van der Waals surface area (Å²) in [6.45, 7) is 9.62. The fourth-order valence-corrected chi connectivity index (χ4v) is 3.63. The van der Waals surface area contributed by atoms with Crippen molar-refractivity contribution in [2.24, 2.45) is 4.99 Å². The third-order valence-corrected chi connectivity index (χ3v) is 5.28. The zero-order valence-electron chi connectivity index (χ0n) is 19.5. The second kappa shape index (κ2) is 14.7. The molecule has 1 aromatic carbocycles. The molecule has 0 radical (unpaired) electrons. The van der Waals surface area contributed by atoms with Gasteiger partial charge in [-0.25, -0.2) is 4.99 Å². The Morgan fingerprint density at radius 3 is 2.68 bits per heavy atom. The Bertz CT molecular complexity index is 687. The molecule has 1 aliphatic carbocycles. The van der Waals surface area contributed by atoms with Crippen molar-refractivity contribution < 1.29 is 14.3 Å². The second-order valence-corrected chi connectivity index (χ2v) is 7.93. The molecule has 1 fully saturated rings. The molecule has 1 aliphatic rings. The molecule has 0 spiro atoms. The number of nitrogens with zero attached hydrogens (tertiary/aromatic N) is 1. The van der Waals surface area contributed by atoms with Crippen molar-refractivity contribution >= 4 is 11.9 Å². The van der Waals surface area contributed by atoms with E-state index < -0.39 is 0 Å². The second-order valence-electron chi connectivity index (χ2n) is 7.93. The number of carbonyl (C=O) groups excluding carboxylic acids is 1. The minimum absolute atomic E-state index is 0.110. The lowest BCUT2D eigenvalue weighted by Crippen LogP contribution is -2.41. The van der Waals surface area contributed by atoms with Crippen LogP contribution in [0.25, 0.3) is 0 Å². The fraction of sp³-hybridized carbons (Fsp3) is 0.667. The molecule has 7 nitrogen and oxygen atoms in total. The molecular formula is C24H40N4O3. The average Bonchev–Trinajstić information content (AvgIpc) is 2.76. The molecule has 3 N–H and O–H groups in total. The molecule has 0 heterocycles. The largest absolute Gasteiger partial charge is 0.491 e. The van der Waals surface area contributed by atoms with Crippen molar-refractivity contribution in [2.75, 3.05) is 32.9 Å². The normalized spacial score (nSPS) is 14.9. The van der Waals surface area contributed by atoms with Gasteiger partial charge in [-0.05, 0) is 45.2 Å². The minimum Gasteiger partial charge on any atom is -0.491 e. The van der Waals surface area contributed by atoms with Crippen molar-refractivity contribution in [2.45, 2.75) is 71.9 Å². The molecule has 7 heteroatoms. The lowest BCUT2D eigenvalue weighted by molar-refractivity contribution is -0.121. The molecule has 0 bridgehead atoms. The summed E-state index contributed by atoms with van der Waals surface area (Å²) in [4.78, 5) is 16.9. The van der Waals surface area contributed by atoms with Gasteiger partial charge < -0.3 is 25.4 Å². The van der Waals surface area contributed by atoms with E-state index in [-0.39, 0.29) is 5.91 Å². The lowest BCUT2D eigenvalue weighted by atomic mass is 9.95. The number of hydrogen-bond donors (Lipinski definition) is 3. The van der Waals surface area contributed by atoms with Crippen LogP contribution in [0.15, 0.2) is 23.2 Å². The monoisotopic (exact) mass is 432 g/mol. The van der Waals surface area contributed by atoms with E-state index in [4.69, 9.17) is 9.47 Å². The van der Waals surface area contributed by atoms with Crippen molar-refractivity contribution in [1.82, 2.24) is 16.0 Å².